The third kappa shape index (κ3) is 6.80. The van der Waals surface area contributed by atoms with Crippen LogP contribution in [0.15, 0.2) is 36.4 Å². The largest absolute Gasteiger partial charge is 0.454 e. The number of fused-ring (bicyclic) bond motifs is 1. The molecule has 0 saturated carbocycles. The van der Waals surface area contributed by atoms with Crippen LogP contribution in [0, 0.1) is 0 Å². The van der Waals surface area contributed by atoms with Crippen LogP contribution >= 0.6 is 0 Å². The van der Waals surface area contributed by atoms with E-state index in [1.807, 2.05) is 12.1 Å². The minimum atomic E-state index is -0.0773. The van der Waals surface area contributed by atoms with E-state index in [4.69, 9.17) is 14.2 Å². The monoisotopic (exact) mass is 494 g/mol. The number of nitrogens with one attached hydrogen (secondary N) is 1. The molecular formula is C30H42N2O4. The molecule has 2 aliphatic heterocycles. The molecule has 1 saturated heterocycles. The number of carbonyl (C=O) groups excluding carboxylic acids is 1. The summed E-state index contributed by atoms with van der Waals surface area (Å²) in [5.41, 5.74) is 4.29. The number of para-hydroxylation sites is 1. The lowest BCUT2D eigenvalue weighted by atomic mass is 9.84. The minimum absolute atomic E-state index is 0.0436. The van der Waals surface area contributed by atoms with Gasteiger partial charge in [0.15, 0.2) is 11.5 Å². The Morgan fingerprint density at radius 1 is 1.08 bits per heavy atom. The predicted molar refractivity (Wildman–Crippen MR) is 144 cm³/mol. The van der Waals surface area contributed by atoms with Gasteiger partial charge in [-0.15, -0.1) is 0 Å². The summed E-state index contributed by atoms with van der Waals surface area (Å²) in [6.07, 6.45) is 4.75. The van der Waals surface area contributed by atoms with Crippen LogP contribution in [0.5, 0.6) is 11.5 Å². The molecule has 1 fully saturated rings. The Morgan fingerprint density at radius 3 is 2.64 bits per heavy atom. The maximum Gasteiger partial charge on any atom is 0.231 e. The number of amides is 1. The highest BCUT2D eigenvalue weighted by Gasteiger charge is 2.26. The number of anilines is 1. The molecule has 2 aromatic rings. The molecule has 6 heteroatoms. The first-order chi connectivity index (χ1) is 17.3. The second-order valence-corrected chi connectivity index (χ2v) is 11.0. The first kappa shape index (κ1) is 26.5. The Bertz CT molecular complexity index is 1020. The van der Waals surface area contributed by atoms with Crippen molar-refractivity contribution in [2.75, 3.05) is 38.4 Å². The minimum Gasteiger partial charge on any atom is -0.454 e. The summed E-state index contributed by atoms with van der Waals surface area (Å²) in [6.45, 7) is 13.3. The van der Waals surface area contributed by atoms with Crippen molar-refractivity contribution in [2.24, 2.45) is 0 Å². The summed E-state index contributed by atoms with van der Waals surface area (Å²) in [6, 6.07) is 12.6. The lowest BCUT2D eigenvalue weighted by molar-refractivity contribution is -0.116. The lowest BCUT2D eigenvalue weighted by Crippen LogP contribution is -2.35. The number of benzene rings is 2. The fourth-order valence-corrected chi connectivity index (χ4v) is 5.17. The van der Waals surface area contributed by atoms with Crippen molar-refractivity contribution in [1.29, 1.82) is 0 Å². The molecule has 2 aliphatic rings. The number of morpholine rings is 1. The third-order valence-electron chi connectivity index (χ3n) is 7.13. The van der Waals surface area contributed by atoms with Gasteiger partial charge in [-0.3, -0.25) is 9.69 Å². The molecule has 0 spiro atoms. The van der Waals surface area contributed by atoms with Gasteiger partial charge >= 0.3 is 0 Å². The van der Waals surface area contributed by atoms with Crippen LogP contribution < -0.4 is 14.8 Å². The number of rotatable bonds is 10. The van der Waals surface area contributed by atoms with E-state index in [0.29, 0.717) is 6.42 Å². The van der Waals surface area contributed by atoms with Crippen molar-refractivity contribution in [3.63, 3.8) is 0 Å². The van der Waals surface area contributed by atoms with Gasteiger partial charge in [0.25, 0.3) is 0 Å². The highest BCUT2D eigenvalue weighted by atomic mass is 16.7. The molecule has 4 rings (SSSR count). The van der Waals surface area contributed by atoms with Gasteiger partial charge in [-0.1, -0.05) is 71.2 Å². The van der Waals surface area contributed by atoms with Gasteiger partial charge < -0.3 is 19.5 Å². The fourth-order valence-electron chi connectivity index (χ4n) is 5.17. The summed E-state index contributed by atoms with van der Waals surface area (Å²) in [7, 11) is 0. The molecule has 0 radical (unpaired) electrons. The van der Waals surface area contributed by atoms with Crippen molar-refractivity contribution in [1.82, 2.24) is 4.90 Å². The average molecular weight is 495 g/mol. The van der Waals surface area contributed by atoms with E-state index in [1.165, 1.54) is 5.56 Å². The summed E-state index contributed by atoms with van der Waals surface area (Å²) < 4.78 is 16.9. The SMILES string of the molecule is CCCCCC(CC(=O)Nc1cc(CN2CCOCC2)ccc1C(C)(C)C)c1cccc2c1OCO2. The van der Waals surface area contributed by atoms with Gasteiger partial charge in [0.1, 0.15) is 0 Å². The van der Waals surface area contributed by atoms with Crippen LogP contribution in [0.3, 0.4) is 0 Å². The average Bonchev–Trinajstić information content (AvgIpc) is 3.33. The molecule has 0 aliphatic carbocycles. The van der Waals surface area contributed by atoms with Crippen LogP contribution in [-0.2, 0) is 21.5 Å². The van der Waals surface area contributed by atoms with E-state index in [-0.39, 0.29) is 24.0 Å². The van der Waals surface area contributed by atoms with Crippen LogP contribution in [-0.4, -0.2) is 43.9 Å². The van der Waals surface area contributed by atoms with E-state index >= 15 is 0 Å². The van der Waals surface area contributed by atoms with E-state index in [2.05, 4.69) is 62.2 Å². The quantitative estimate of drug-likeness (QED) is 0.396. The Balaban J connectivity index is 1.53. The molecule has 2 heterocycles. The highest BCUT2D eigenvalue weighted by molar-refractivity contribution is 5.92. The van der Waals surface area contributed by atoms with E-state index in [9.17, 15) is 4.79 Å². The molecule has 1 atom stereocenters. The van der Waals surface area contributed by atoms with Crippen molar-refractivity contribution < 1.29 is 19.0 Å². The van der Waals surface area contributed by atoms with Crippen molar-refractivity contribution in [3.05, 3.63) is 53.1 Å². The van der Waals surface area contributed by atoms with E-state index in [0.717, 1.165) is 86.8 Å². The predicted octanol–water partition coefficient (Wildman–Crippen LogP) is 6.24. The van der Waals surface area contributed by atoms with Gasteiger partial charge in [-0.05, 0) is 41.0 Å². The second kappa shape index (κ2) is 12.1. The summed E-state index contributed by atoms with van der Waals surface area (Å²) >= 11 is 0. The maximum atomic E-state index is 13.5. The summed E-state index contributed by atoms with van der Waals surface area (Å²) in [4.78, 5) is 15.9. The zero-order valence-electron chi connectivity index (χ0n) is 22.4. The van der Waals surface area contributed by atoms with Crippen LogP contribution in [0.4, 0.5) is 5.69 Å². The molecule has 0 bridgehead atoms. The Labute approximate surface area is 216 Å². The normalized spacial score (nSPS) is 16.7. The number of unbranched alkanes of at least 4 members (excludes halogenated alkanes) is 2. The molecule has 2 aromatic carbocycles. The van der Waals surface area contributed by atoms with Crippen molar-refractivity contribution >= 4 is 11.6 Å². The summed E-state index contributed by atoms with van der Waals surface area (Å²) in [5.74, 6) is 1.71. The first-order valence-electron chi connectivity index (χ1n) is 13.5. The number of hydrogen-bond acceptors (Lipinski definition) is 5. The Kier molecular flexibility index (Phi) is 8.91. The molecule has 36 heavy (non-hydrogen) atoms. The molecule has 1 amide bonds. The Morgan fingerprint density at radius 2 is 1.89 bits per heavy atom. The third-order valence-corrected chi connectivity index (χ3v) is 7.13. The topological polar surface area (TPSA) is 60.0 Å². The molecule has 0 aromatic heterocycles. The zero-order valence-corrected chi connectivity index (χ0v) is 22.4. The van der Waals surface area contributed by atoms with Crippen LogP contribution in [0.25, 0.3) is 0 Å². The van der Waals surface area contributed by atoms with Crippen LogP contribution in [0.1, 0.15) is 82.4 Å². The zero-order chi connectivity index (χ0) is 25.5. The van der Waals surface area contributed by atoms with Crippen LogP contribution in [0.2, 0.25) is 0 Å². The molecule has 1 N–H and O–H groups in total. The number of carbonyl (C=O) groups is 1. The summed E-state index contributed by atoms with van der Waals surface area (Å²) in [5, 5.41) is 3.30. The standard InChI is InChI=1S/C30H42N2O4/c1-5-6-7-9-23(24-10-8-11-27-29(24)36-21-35-27)19-28(33)31-26-18-22(12-13-25(26)30(2,3)4)20-32-14-16-34-17-15-32/h8,10-13,18,23H,5-7,9,14-17,19-21H2,1-4H3,(H,31,33). The van der Waals surface area contributed by atoms with Gasteiger partial charge in [0.05, 0.1) is 13.2 Å². The van der Waals surface area contributed by atoms with Gasteiger partial charge in [-0.2, -0.15) is 0 Å². The molecular weight excluding hydrogens is 452 g/mol. The van der Waals surface area contributed by atoms with E-state index in [1.54, 1.807) is 0 Å². The number of hydrogen-bond donors (Lipinski definition) is 1. The maximum absolute atomic E-state index is 13.5. The Hall–Kier alpha value is -2.57. The number of nitrogens with zero attached hydrogens (tertiary/aromatic N) is 1. The van der Waals surface area contributed by atoms with Gasteiger partial charge in [0, 0.05) is 37.3 Å². The van der Waals surface area contributed by atoms with E-state index < -0.39 is 0 Å². The van der Waals surface area contributed by atoms with Crippen molar-refractivity contribution in [3.8, 4) is 11.5 Å². The highest BCUT2D eigenvalue weighted by Crippen LogP contribution is 2.42. The fraction of sp³-hybridized carbons (Fsp3) is 0.567. The second-order valence-electron chi connectivity index (χ2n) is 11.0. The lowest BCUT2D eigenvalue weighted by Gasteiger charge is -2.28. The smallest absolute Gasteiger partial charge is 0.231 e. The van der Waals surface area contributed by atoms with Gasteiger partial charge in [0.2, 0.25) is 12.7 Å². The number of ether oxygens (including phenoxy) is 3. The molecule has 196 valence electrons. The first-order valence-corrected chi connectivity index (χ1v) is 13.5. The molecule has 1 unspecified atom stereocenters. The van der Waals surface area contributed by atoms with Gasteiger partial charge in [-0.25, -0.2) is 0 Å². The molecule has 6 nitrogen and oxygen atoms in total. The van der Waals surface area contributed by atoms with Crippen molar-refractivity contribution in [2.45, 2.75) is 77.7 Å².